The molecule has 0 aliphatic heterocycles. The number of primary amides is 1. The fourth-order valence-electron chi connectivity index (χ4n) is 2.71. The normalized spacial score (nSPS) is 11.9. The van der Waals surface area contributed by atoms with Gasteiger partial charge in [-0.1, -0.05) is 55.5 Å². The van der Waals surface area contributed by atoms with Gasteiger partial charge in [-0.2, -0.15) is 0 Å². The van der Waals surface area contributed by atoms with E-state index in [4.69, 9.17) is 5.73 Å². The number of carbonyl (C=O) groups is 1. The summed E-state index contributed by atoms with van der Waals surface area (Å²) in [5, 5.41) is 0. The van der Waals surface area contributed by atoms with Crippen molar-refractivity contribution in [3.05, 3.63) is 72.6 Å². The lowest BCUT2D eigenvalue weighted by molar-refractivity contribution is 0.251. The number of amides is 2. The second-order valence-corrected chi connectivity index (χ2v) is 5.37. The highest BCUT2D eigenvalue weighted by Crippen LogP contribution is 2.22. The SMILES string of the molecule is C[CH]CC(CCc1ccccc1)N(C(N)=O)c1ccccc1.[H+]. The van der Waals surface area contributed by atoms with Crippen LogP contribution in [-0.2, 0) is 6.42 Å². The summed E-state index contributed by atoms with van der Waals surface area (Å²) in [5.74, 6) is 0. The average Bonchev–Trinajstić information content (AvgIpc) is 2.54. The quantitative estimate of drug-likeness (QED) is 0.813. The molecule has 1 unspecified atom stereocenters. The Morgan fingerprint density at radius 2 is 1.73 bits per heavy atom. The van der Waals surface area contributed by atoms with Crippen molar-refractivity contribution in [2.24, 2.45) is 5.73 Å². The minimum absolute atomic E-state index is 0. The number of hydrogen-bond acceptors (Lipinski definition) is 1. The van der Waals surface area contributed by atoms with E-state index in [1.165, 1.54) is 5.56 Å². The molecule has 2 rings (SSSR count). The molecular weight excluding hydrogens is 272 g/mol. The molecule has 0 saturated heterocycles. The van der Waals surface area contributed by atoms with Gasteiger partial charge in [-0.3, -0.25) is 4.90 Å². The molecule has 22 heavy (non-hydrogen) atoms. The van der Waals surface area contributed by atoms with Gasteiger partial charge >= 0.3 is 7.46 Å². The number of carbonyl (C=O) groups excluding carboxylic acids is 1. The van der Waals surface area contributed by atoms with E-state index in [1.807, 2.05) is 55.5 Å². The first-order chi connectivity index (χ1) is 10.7. The summed E-state index contributed by atoms with van der Waals surface area (Å²) in [5.41, 5.74) is 7.78. The Labute approximate surface area is 134 Å². The molecule has 2 aromatic carbocycles. The summed E-state index contributed by atoms with van der Waals surface area (Å²) in [7, 11) is 0. The van der Waals surface area contributed by atoms with Crippen LogP contribution >= 0.6 is 0 Å². The van der Waals surface area contributed by atoms with E-state index in [9.17, 15) is 4.79 Å². The van der Waals surface area contributed by atoms with E-state index in [2.05, 4.69) is 18.6 Å². The molecular formula is C19H24N2O+. The van der Waals surface area contributed by atoms with Crippen LogP contribution in [0.4, 0.5) is 10.5 Å². The highest BCUT2D eigenvalue weighted by Gasteiger charge is 2.22. The topological polar surface area (TPSA) is 46.3 Å². The van der Waals surface area contributed by atoms with Crippen molar-refractivity contribution < 1.29 is 6.22 Å². The van der Waals surface area contributed by atoms with Gasteiger partial charge in [-0.25, -0.2) is 4.79 Å². The van der Waals surface area contributed by atoms with Crippen LogP contribution < -0.4 is 10.6 Å². The first kappa shape index (κ1) is 16.1. The Balaban J connectivity index is 0.00000264. The molecule has 0 saturated carbocycles. The van der Waals surface area contributed by atoms with Gasteiger partial charge in [0.1, 0.15) is 0 Å². The third-order valence-corrected chi connectivity index (χ3v) is 3.75. The molecule has 0 aliphatic rings. The molecule has 3 heteroatoms. The van der Waals surface area contributed by atoms with E-state index >= 15 is 0 Å². The van der Waals surface area contributed by atoms with Crippen molar-refractivity contribution in [3.63, 3.8) is 0 Å². The Morgan fingerprint density at radius 1 is 1.14 bits per heavy atom. The summed E-state index contributed by atoms with van der Waals surface area (Å²) < 4.78 is 0. The predicted octanol–water partition coefficient (Wildman–Crippen LogP) is 4.30. The maximum atomic E-state index is 12.0. The maximum absolute atomic E-state index is 12.0. The first-order valence-corrected chi connectivity index (χ1v) is 7.68. The minimum Gasteiger partial charge on any atom is -0.351 e. The lowest BCUT2D eigenvalue weighted by atomic mass is 10.00. The molecule has 115 valence electrons. The summed E-state index contributed by atoms with van der Waals surface area (Å²) in [4.78, 5) is 13.7. The smallest absolute Gasteiger partial charge is 0.351 e. The van der Waals surface area contributed by atoms with Crippen molar-refractivity contribution in [1.82, 2.24) is 0 Å². The fourth-order valence-corrected chi connectivity index (χ4v) is 2.71. The van der Waals surface area contributed by atoms with Crippen molar-refractivity contribution >= 4 is 11.7 Å². The van der Waals surface area contributed by atoms with Crippen LogP contribution in [0, 0.1) is 6.42 Å². The zero-order valence-corrected chi connectivity index (χ0v) is 13.0. The van der Waals surface area contributed by atoms with E-state index < -0.39 is 6.03 Å². The van der Waals surface area contributed by atoms with E-state index in [0.717, 1.165) is 24.9 Å². The van der Waals surface area contributed by atoms with Crippen molar-refractivity contribution in [2.75, 3.05) is 4.90 Å². The van der Waals surface area contributed by atoms with Crippen molar-refractivity contribution in [3.8, 4) is 0 Å². The molecule has 0 heterocycles. The highest BCUT2D eigenvalue weighted by atomic mass is 16.2. The lowest BCUT2D eigenvalue weighted by Gasteiger charge is -2.30. The fraction of sp³-hybridized carbons (Fsp3) is 0.263. The van der Waals surface area contributed by atoms with Gasteiger partial charge in [-0.05, 0) is 43.4 Å². The van der Waals surface area contributed by atoms with Crippen LogP contribution in [0.2, 0.25) is 0 Å². The van der Waals surface area contributed by atoms with Crippen LogP contribution in [0.3, 0.4) is 0 Å². The highest BCUT2D eigenvalue weighted by molar-refractivity contribution is 5.91. The minimum atomic E-state index is -0.397. The zero-order chi connectivity index (χ0) is 15.8. The third kappa shape index (κ3) is 4.35. The van der Waals surface area contributed by atoms with Crippen LogP contribution in [0.15, 0.2) is 60.7 Å². The van der Waals surface area contributed by atoms with Gasteiger partial charge < -0.3 is 5.73 Å². The molecule has 1 radical (unpaired) electrons. The molecule has 2 aromatic rings. The van der Waals surface area contributed by atoms with Gasteiger partial charge in [-0.15, -0.1) is 0 Å². The zero-order valence-electron chi connectivity index (χ0n) is 14.0. The standard InChI is InChI=1S/C19H23N2O/c1-2-9-17(15-14-16-10-5-3-6-11-16)21(19(20)22)18-12-7-4-8-13-18/h2-8,10-13,17H,9,14-15H2,1H3,(H2,20,22)/p+1. The molecule has 0 aliphatic carbocycles. The molecule has 0 aromatic heterocycles. The number of nitrogens with zero attached hydrogens (tertiary/aromatic N) is 1. The average molecular weight is 296 g/mol. The first-order valence-electron chi connectivity index (χ1n) is 7.68. The molecule has 0 fully saturated rings. The van der Waals surface area contributed by atoms with Crippen LogP contribution in [0.25, 0.3) is 0 Å². The monoisotopic (exact) mass is 296 g/mol. The van der Waals surface area contributed by atoms with Crippen LogP contribution in [-0.4, -0.2) is 12.1 Å². The second-order valence-electron chi connectivity index (χ2n) is 5.37. The van der Waals surface area contributed by atoms with Gasteiger partial charge in [0.15, 0.2) is 0 Å². The molecule has 0 spiro atoms. The molecule has 2 N–H and O–H groups in total. The number of nitrogens with two attached hydrogens (primary N) is 1. The van der Waals surface area contributed by atoms with E-state index in [1.54, 1.807) is 4.90 Å². The molecule has 3 nitrogen and oxygen atoms in total. The Bertz CT molecular complexity index is 574. The number of benzene rings is 2. The summed E-state index contributed by atoms with van der Waals surface area (Å²) in [6.45, 7) is 2.01. The molecule has 2 amide bonds. The summed E-state index contributed by atoms with van der Waals surface area (Å²) >= 11 is 0. The summed E-state index contributed by atoms with van der Waals surface area (Å²) in [6.07, 6.45) is 4.72. The number of urea groups is 1. The van der Waals surface area contributed by atoms with Crippen molar-refractivity contribution in [1.29, 1.82) is 0 Å². The predicted molar refractivity (Wildman–Crippen MR) is 92.8 cm³/mol. The van der Waals surface area contributed by atoms with Gasteiger partial charge in [0.25, 0.3) is 0 Å². The number of anilines is 1. The Kier molecular flexibility index (Phi) is 6.01. The number of rotatable bonds is 7. The third-order valence-electron chi connectivity index (χ3n) is 3.75. The number of aryl methyl sites for hydroxylation is 1. The number of para-hydroxylation sites is 1. The largest absolute Gasteiger partial charge is 1.00 e. The Hall–Kier alpha value is -2.29. The second kappa shape index (κ2) is 8.23. The van der Waals surface area contributed by atoms with Crippen molar-refractivity contribution in [2.45, 2.75) is 32.2 Å². The van der Waals surface area contributed by atoms with Crippen LogP contribution in [0.1, 0.15) is 26.8 Å². The van der Waals surface area contributed by atoms with Crippen LogP contribution in [0.5, 0.6) is 0 Å². The van der Waals surface area contributed by atoms with Gasteiger partial charge in [0, 0.05) is 11.7 Å². The Morgan fingerprint density at radius 3 is 2.27 bits per heavy atom. The molecule has 0 bridgehead atoms. The van der Waals surface area contributed by atoms with E-state index in [-0.39, 0.29) is 7.47 Å². The van der Waals surface area contributed by atoms with E-state index in [0.29, 0.717) is 0 Å². The van der Waals surface area contributed by atoms with Gasteiger partial charge in [0.2, 0.25) is 0 Å². The van der Waals surface area contributed by atoms with Gasteiger partial charge in [0.05, 0.1) is 0 Å². The maximum Gasteiger partial charge on any atom is 1.00 e. The number of hydrogen-bond donors (Lipinski definition) is 1. The molecule has 1 atom stereocenters. The summed E-state index contributed by atoms with van der Waals surface area (Å²) in [6, 6.07) is 19.6. The lowest BCUT2D eigenvalue weighted by Crippen LogP contribution is -2.44.